The van der Waals surface area contributed by atoms with E-state index in [2.05, 4.69) is 16.9 Å². The molecule has 1 rings (SSSR count). The molecule has 4 heteroatoms. The Hall–Kier alpha value is -1.71. The molecule has 5 N–H and O–H groups in total. The lowest BCUT2D eigenvalue weighted by atomic mass is 10.1. The maximum absolute atomic E-state index is 5.46. The van der Waals surface area contributed by atoms with Crippen LogP contribution in [0, 0.1) is 0 Å². The minimum atomic E-state index is 0.367. The molecule has 1 heterocycles. The summed E-state index contributed by atoms with van der Waals surface area (Å²) >= 11 is 0. The molecule has 0 aromatic carbocycles. The summed E-state index contributed by atoms with van der Waals surface area (Å²) in [5.74, 6) is 0.367. The number of hydrogen-bond acceptors (Lipinski definition) is 4. The molecule has 0 unspecified atom stereocenters. The lowest BCUT2D eigenvalue weighted by Gasteiger charge is -2.16. The molecular formula is C8H12N4. The van der Waals surface area contributed by atoms with Crippen molar-refractivity contribution in [1.82, 2.24) is 5.32 Å². The fourth-order valence-corrected chi connectivity index (χ4v) is 1.03. The highest BCUT2D eigenvalue weighted by molar-refractivity contribution is 5.83. The number of nitrogens with one attached hydrogen (secondary N) is 1. The molecule has 0 bridgehead atoms. The second-order valence-corrected chi connectivity index (χ2v) is 2.46. The van der Waals surface area contributed by atoms with Crippen molar-refractivity contribution in [1.29, 1.82) is 0 Å². The second-order valence-electron chi connectivity index (χ2n) is 2.46. The zero-order valence-corrected chi connectivity index (χ0v) is 6.96. The number of aliphatic imine (C=N–C) groups is 1. The first-order chi connectivity index (χ1) is 5.65. The number of guanidine groups is 1. The van der Waals surface area contributed by atoms with Crippen LogP contribution < -0.4 is 16.8 Å². The van der Waals surface area contributed by atoms with Crippen LogP contribution in [-0.2, 0) is 0 Å². The van der Waals surface area contributed by atoms with E-state index in [4.69, 9.17) is 11.5 Å². The van der Waals surface area contributed by atoms with Gasteiger partial charge in [0.15, 0.2) is 5.96 Å². The molecule has 1 aliphatic heterocycles. The summed E-state index contributed by atoms with van der Waals surface area (Å²) in [5.41, 5.74) is 13.1. The van der Waals surface area contributed by atoms with E-state index in [0.717, 1.165) is 17.0 Å². The van der Waals surface area contributed by atoms with Gasteiger partial charge < -0.3 is 16.8 Å². The Morgan fingerprint density at radius 3 is 2.75 bits per heavy atom. The van der Waals surface area contributed by atoms with Crippen LogP contribution in [0.4, 0.5) is 0 Å². The van der Waals surface area contributed by atoms with Crippen LogP contribution in [0.15, 0.2) is 40.8 Å². The molecule has 4 nitrogen and oxygen atoms in total. The highest BCUT2D eigenvalue weighted by Crippen LogP contribution is 2.16. The van der Waals surface area contributed by atoms with Crippen molar-refractivity contribution in [3.8, 4) is 0 Å². The Kier molecular flexibility index (Phi) is 2.19. The fraction of sp³-hybridized carbons (Fsp3) is 0.125. The average Bonchev–Trinajstić information content (AvgIpc) is 1.96. The SMILES string of the molecule is C=C1NC(N)=NC(C)=C1/C=C\N. The van der Waals surface area contributed by atoms with Crippen LogP contribution in [0.5, 0.6) is 0 Å². The Labute approximate surface area is 71.3 Å². The highest BCUT2D eigenvalue weighted by atomic mass is 15.1. The maximum Gasteiger partial charge on any atom is 0.198 e. The minimum absolute atomic E-state index is 0.367. The van der Waals surface area contributed by atoms with Crippen molar-refractivity contribution in [3.63, 3.8) is 0 Å². The van der Waals surface area contributed by atoms with E-state index in [1.165, 1.54) is 6.20 Å². The number of allylic oxidation sites excluding steroid dienone is 2. The molecule has 0 saturated carbocycles. The first kappa shape index (κ1) is 8.39. The minimum Gasteiger partial charge on any atom is -0.405 e. The number of nitrogens with zero attached hydrogens (tertiary/aromatic N) is 1. The van der Waals surface area contributed by atoms with Gasteiger partial charge in [0.05, 0.1) is 5.70 Å². The molecular weight excluding hydrogens is 152 g/mol. The Balaban J connectivity index is 3.08. The molecule has 0 spiro atoms. The van der Waals surface area contributed by atoms with Gasteiger partial charge in [-0.1, -0.05) is 6.58 Å². The molecule has 0 aromatic rings. The van der Waals surface area contributed by atoms with Gasteiger partial charge in [0.2, 0.25) is 0 Å². The zero-order valence-electron chi connectivity index (χ0n) is 6.96. The number of hydrogen-bond donors (Lipinski definition) is 3. The summed E-state index contributed by atoms with van der Waals surface area (Å²) in [4.78, 5) is 4.03. The largest absolute Gasteiger partial charge is 0.405 e. The molecule has 0 aliphatic carbocycles. The second kappa shape index (κ2) is 3.13. The summed E-state index contributed by atoms with van der Waals surface area (Å²) in [5, 5.41) is 2.81. The monoisotopic (exact) mass is 164 g/mol. The van der Waals surface area contributed by atoms with E-state index in [-0.39, 0.29) is 0 Å². The molecule has 0 radical (unpaired) electrons. The van der Waals surface area contributed by atoms with Crippen molar-refractivity contribution in [2.24, 2.45) is 16.5 Å². The molecule has 0 atom stereocenters. The lowest BCUT2D eigenvalue weighted by molar-refractivity contribution is 1.04. The summed E-state index contributed by atoms with van der Waals surface area (Å²) in [6.45, 7) is 5.63. The lowest BCUT2D eigenvalue weighted by Crippen LogP contribution is -2.33. The van der Waals surface area contributed by atoms with Crippen LogP contribution in [-0.4, -0.2) is 5.96 Å². The van der Waals surface area contributed by atoms with Gasteiger partial charge in [-0.2, -0.15) is 0 Å². The van der Waals surface area contributed by atoms with Crippen LogP contribution in [0.1, 0.15) is 6.92 Å². The molecule has 0 amide bonds. The van der Waals surface area contributed by atoms with Crippen LogP contribution >= 0.6 is 0 Å². The van der Waals surface area contributed by atoms with Gasteiger partial charge in [0, 0.05) is 11.3 Å². The Morgan fingerprint density at radius 2 is 2.25 bits per heavy atom. The topological polar surface area (TPSA) is 76.4 Å². The van der Waals surface area contributed by atoms with E-state index in [0.29, 0.717) is 5.96 Å². The van der Waals surface area contributed by atoms with Gasteiger partial charge in [0.25, 0.3) is 0 Å². The summed E-state index contributed by atoms with van der Waals surface area (Å²) in [7, 11) is 0. The Morgan fingerprint density at radius 1 is 1.58 bits per heavy atom. The van der Waals surface area contributed by atoms with Gasteiger partial charge >= 0.3 is 0 Å². The maximum atomic E-state index is 5.46. The average molecular weight is 164 g/mol. The van der Waals surface area contributed by atoms with Crippen molar-refractivity contribution < 1.29 is 0 Å². The predicted molar refractivity (Wildman–Crippen MR) is 49.9 cm³/mol. The Bertz CT molecular complexity index is 296. The molecule has 0 fully saturated rings. The van der Waals surface area contributed by atoms with Crippen LogP contribution in [0.2, 0.25) is 0 Å². The van der Waals surface area contributed by atoms with Crippen molar-refractivity contribution in [2.45, 2.75) is 6.92 Å². The molecule has 64 valence electrons. The first-order valence-corrected chi connectivity index (χ1v) is 3.54. The van der Waals surface area contributed by atoms with Gasteiger partial charge in [-0.15, -0.1) is 0 Å². The number of rotatable bonds is 1. The van der Waals surface area contributed by atoms with Gasteiger partial charge in [0.1, 0.15) is 0 Å². The normalized spacial score (nSPS) is 18.1. The number of nitrogens with two attached hydrogens (primary N) is 2. The van der Waals surface area contributed by atoms with Crippen molar-refractivity contribution in [2.75, 3.05) is 0 Å². The van der Waals surface area contributed by atoms with Crippen LogP contribution in [0.3, 0.4) is 0 Å². The van der Waals surface area contributed by atoms with Gasteiger partial charge in [-0.25, -0.2) is 4.99 Å². The fourth-order valence-electron chi connectivity index (χ4n) is 1.03. The third-order valence-corrected chi connectivity index (χ3v) is 1.54. The molecule has 12 heavy (non-hydrogen) atoms. The summed E-state index contributed by atoms with van der Waals surface area (Å²) < 4.78 is 0. The van der Waals surface area contributed by atoms with E-state index >= 15 is 0 Å². The molecule has 1 aliphatic rings. The van der Waals surface area contributed by atoms with Gasteiger partial charge in [-0.05, 0) is 19.2 Å². The van der Waals surface area contributed by atoms with E-state index < -0.39 is 0 Å². The molecule has 0 saturated heterocycles. The van der Waals surface area contributed by atoms with E-state index in [9.17, 15) is 0 Å². The third-order valence-electron chi connectivity index (χ3n) is 1.54. The first-order valence-electron chi connectivity index (χ1n) is 3.54. The zero-order chi connectivity index (χ0) is 9.14. The van der Waals surface area contributed by atoms with Crippen molar-refractivity contribution in [3.05, 3.63) is 35.8 Å². The van der Waals surface area contributed by atoms with Crippen molar-refractivity contribution >= 4 is 5.96 Å². The smallest absolute Gasteiger partial charge is 0.198 e. The predicted octanol–water partition coefficient (Wildman–Crippen LogP) is 0.164. The molecule has 0 aromatic heterocycles. The standard InChI is InChI=1S/C8H12N4/c1-5-7(3-4-9)6(2)12-8(10)11-5/h3-4H,1,9H2,2H3,(H3,10,11,12)/b4-3-. The van der Waals surface area contributed by atoms with E-state index in [1.54, 1.807) is 6.08 Å². The van der Waals surface area contributed by atoms with E-state index in [1.807, 2.05) is 6.92 Å². The summed E-state index contributed by atoms with van der Waals surface area (Å²) in [6.07, 6.45) is 3.18. The third kappa shape index (κ3) is 1.47. The highest BCUT2D eigenvalue weighted by Gasteiger charge is 2.10. The quantitative estimate of drug-likeness (QED) is 0.517. The van der Waals surface area contributed by atoms with Crippen LogP contribution in [0.25, 0.3) is 0 Å². The van der Waals surface area contributed by atoms with Gasteiger partial charge in [-0.3, -0.25) is 0 Å². The summed E-state index contributed by atoms with van der Waals surface area (Å²) in [6, 6.07) is 0.